The zero-order chi connectivity index (χ0) is 21.1. The third kappa shape index (κ3) is 5.07. The fourth-order valence-electron chi connectivity index (χ4n) is 3.78. The Labute approximate surface area is 177 Å². The maximum atomic E-state index is 12.7. The van der Waals surface area contributed by atoms with E-state index < -0.39 is 0 Å². The number of amides is 1. The van der Waals surface area contributed by atoms with Gasteiger partial charge < -0.3 is 10.1 Å². The van der Waals surface area contributed by atoms with Gasteiger partial charge in [-0.25, -0.2) is 0 Å². The van der Waals surface area contributed by atoms with Crippen LogP contribution in [-0.4, -0.2) is 5.91 Å². The van der Waals surface area contributed by atoms with Crippen molar-refractivity contribution in [3.63, 3.8) is 0 Å². The average molecular weight is 408 g/mol. The molecule has 0 aliphatic rings. The Kier molecular flexibility index (Phi) is 6.43. The van der Waals surface area contributed by atoms with Gasteiger partial charge in [0, 0.05) is 5.56 Å². The van der Waals surface area contributed by atoms with E-state index in [0.29, 0.717) is 11.5 Å². The fraction of sp³-hybridized carbons (Fsp3) is 0.320. The molecule has 4 heteroatoms. The number of carbonyl (C=O) groups excluding carboxylic acids is 1. The normalized spacial score (nSPS) is 11.9. The molecular weight excluding hydrogens is 378 g/mol. The second-order valence-electron chi connectivity index (χ2n) is 7.89. The average Bonchev–Trinajstić information content (AvgIpc) is 3.09. The standard InChI is InChI=1S/C25H29NO2S/c1-15-7-8-22(17(3)9-15)20(6)26-25(27)23-12-21(14-29-23)13-28-24-18(4)10-16(2)11-19(24)5/h7-12,14,20H,13H2,1-6H3,(H,26,27). The number of carbonyl (C=O) groups is 1. The van der Waals surface area contributed by atoms with Gasteiger partial charge in [0.05, 0.1) is 10.9 Å². The first-order chi connectivity index (χ1) is 13.7. The topological polar surface area (TPSA) is 38.3 Å². The van der Waals surface area contributed by atoms with E-state index in [9.17, 15) is 4.79 Å². The van der Waals surface area contributed by atoms with Gasteiger partial charge in [0.15, 0.2) is 0 Å². The number of ether oxygens (including phenoxy) is 1. The molecule has 1 N–H and O–H groups in total. The summed E-state index contributed by atoms with van der Waals surface area (Å²) in [6, 6.07) is 12.5. The third-order valence-electron chi connectivity index (χ3n) is 5.10. The summed E-state index contributed by atoms with van der Waals surface area (Å²) >= 11 is 1.46. The monoisotopic (exact) mass is 407 g/mol. The molecule has 1 atom stereocenters. The SMILES string of the molecule is Cc1ccc(C(C)NC(=O)c2cc(COc3c(C)cc(C)cc3C)cs2)c(C)c1. The van der Waals surface area contributed by atoms with Crippen molar-refractivity contribution in [2.75, 3.05) is 0 Å². The van der Waals surface area contributed by atoms with E-state index in [0.717, 1.165) is 28.0 Å². The van der Waals surface area contributed by atoms with Crippen LogP contribution in [0.15, 0.2) is 41.8 Å². The van der Waals surface area contributed by atoms with Gasteiger partial charge in [-0.05, 0) is 75.2 Å². The van der Waals surface area contributed by atoms with E-state index in [1.165, 1.54) is 28.0 Å². The number of aryl methyl sites for hydroxylation is 5. The predicted octanol–water partition coefficient (Wildman–Crippen LogP) is 6.36. The summed E-state index contributed by atoms with van der Waals surface area (Å²) in [5.41, 5.74) is 8.09. The zero-order valence-corrected chi connectivity index (χ0v) is 18.9. The minimum Gasteiger partial charge on any atom is -0.488 e. The quantitative estimate of drug-likeness (QED) is 0.516. The van der Waals surface area contributed by atoms with Crippen LogP contribution in [0.5, 0.6) is 5.75 Å². The lowest BCUT2D eigenvalue weighted by Gasteiger charge is -2.16. The van der Waals surface area contributed by atoms with Gasteiger partial charge in [-0.2, -0.15) is 0 Å². The van der Waals surface area contributed by atoms with E-state index in [1.54, 1.807) is 0 Å². The van der Waals surface area contributed by atoms with Crippen LogP contribution in [0.2, 0.25) is 0 Å². The number of hydrogen-bond donors (Lipinski definition) is 1. The van der Waals surface area contributed by atoms with Crippen molar-refractivity contribution >= 4 is 17.2 Å². The molecule has 3 nitrogen and oxygen atoms in total. The minimum atomic E-state index is -0.0450. The van der Waals surface area contributed by atoms with E-state index in [4.69, 9.17) is 4.74 Å². The maximum absolute atomic E-state index is 12.7. The molecule has 0 aliphatic heterocycles. The molecule has 0 saturated carbocycles. The summed E-state index contributed by atoms with van der Waals surface area (Å²) in [4.78, 5) is 13.4. The highest BCUT2D eigenvalue weighted by Gasteiger charge is 2.15. The van der Waals surface area contributed by atoms with Crippen molar-refractivity contribution in [1.29, 1.82) is 0 Å². The summed E-state index contributed by atoms with van der Waals surface area (Å²) in [5, 5.41) is 5.11. The summed E-state index contributed by atoms with van der Waals surface area (Å²) in [5.74, 6) is 0.882. The van der Waals surface area contributed by atoms with Crippen molar-refractivity contribution in [2.24, 2.45) is 0 Å². The van der Waals surface area contributed by atoms with Gasteiger partial charge in [-0.3, -0.25) is 4.79 Å². The molecule has 3 aromatic rings. The van der Waals surface area contributed by atoms with Crippen molar-refractivity contribution in [1.82, 2.24) is 5.32 Å². The Morgan fingerprint density at radius 3 is 2.28 bits per heavy atom. The van der Waals surface area contributed by atoms with Crippen LogP contribution >= 0.6 is 11.3 Å². The van der Waals surface area contributed by atoms with E-state index in [2.05, 4.69) is 70.3 Å². The Hall–Kier alpha value is -2.59. The van der Waals surface area contributed by atoms with Crippen molar-refractivity contribution in [2.45, 2.75) is 54.2 Å². The highest BCUT2D eigenvalue weighted by molar-refractivity contribution is 7.12. The predicted molar refractivity (Wildman–Crippen MR) is 121 cm³/mol. The lowest BCUT2D eigenvalue weighted by Crippen LogP contribution is -2.26. The largest absolute Gasteiger partial charge is 0.488 e. The third-order valence-corrected chi connectivity index (χ3v) is 6.08. The number of thiophene rings is 1. The lowest BCUT2D eigenvalue weighted by molar-refractivity contribution is 0.0944. The molecule has 0 saturated heterocycles. The number of hydrogen-bond acceptors (Lipinski definition) is 3. The molecule has 1 amide bonds. The van der Waals surface area contributed by atoms with Gasteiger partial charge in [0.25, 0.3) is 5.91 Å². The molecule has 3 rings (SSSR count). The van der Waals surface area contributed by atoms with Gasteiger partial charge in [0.2, 0.25) is 0 Å². The van der Waals surface area contributed by atoms with Crippen LogP contribution in [-0.2, 0) is 6.61 Å². The van der Waals surface area contributed by atoms with Gasteiger partial charge in [0.1, 0.15) is 12.4 Å². The molecule has 1 heterocycles. The highest BCUT2D eigenvalue weighted by Crippen LogP contribution is 2.26. The molecule has 0 bridgehead atoms. The van der Waals surface area contributed by atoms with Crippen LogP contribution in [0.1, 0.15) is 61.6 Å². The molecule has 0 radical (unpaired) electrons. The summed E-state index contributed by atoms with van der Waals surface area (Å²) in [6.07, 6.45) is 0. The molecule has 29 heavy (non-hydrogen) atoms. The molecule has 2 aromatic carbocycles. The zero-order valence-electron chi connectivity index (χ0n) is 18.1. The molecule has 0 spiro atoms. The van der Waals surface area contributed by atoms with Crippen LogP contribution in [0.4, 0.5) is 0 Å². The number of benzene rings is 2. The van der Waals surface area contributed by atoms with Gasteiger partial charge >= 0.3 is 0 Å². The first kappa shape index (κ1) is 21.1. The smallest absolute Gasteiger partial charge is 0.261 e. The Morgan fingerprint density at radius 2 is 1.62 bits per heavy atom. The summed E-state index contributed by atoms with van der Waals surface area (Å²) in [6.45, 7) is 12.9. The van der Waals surface area contributed by atoms with Gasteiger partial charge in [-0.15, -0.1) is 11.3 Å². The molecule has 1 unspecified atom stereocenters. The Bertz CT molecular complexity index is 1010. The number of nitrogens with one attached hydrogen (secondary N) is 1. The lowest BCUT2D eigenvalue weighted by atomic mass is 10.0. The van der Waals surface area contributed by atoms with E-state index in [-0.39, 0.29) is 11.9 Å². The second kappa shape index (κ2) is 8.83. The van der Waals surface area contributed by atoms with Crippen LogP contribution < -0.4 is 10.1 Å². The Morgan fingerprint density at radius 1 is 0.966 bits per heavy atom. The molecule has 0 fully saturated rings. The van der Waals surface area contributed by atoms with Crippen LogP contribution in [0.25, 0.3) is 0 Å². The Balaban J connectivity index is 1.64. The summed E-state index contributed by atoms with van der Waals surface area (Å²) < 4.78 is 6.05. The summed E-state index contributed by atoms with van der Waals surface area (Å²) in [7, 11) is 0. The van der Waals surface area contributed by atoms with Crippen molar-refractivity contribution in [3.8, 4) is 5.75 Å². The maximum Gasteiger partial charge on any atom is 0.261 e. The molecular formula is C25H29NO2S. The second-order valence-corrected chi connectivity index (χ2v) is 8.80. The first-order valence-corrected chi connectivity index (χ1v) is 10.8. The molecule has 0 aliphatic carbocycles. The number of rotatable bonds is 6. The van der Waals surface area contributed by atoms with E-state index in [1.807, 2.05) is 18.4 Å². The van der Waals surface area contributed by atoms with Crippen LogP contribution in [0, 0.1) is 34.6 Å². The van der Waals surface area contributed by atoms with E-state index >= 15 is 0 Å². The fourth-order valence-corrected chi connectivity index (χ4v) is 4.58. The molecule has 1 aromatic heterocycles. The first-order valence-electron chi connectivity index (χ1n) is 9.90. The van der Waals surface area contributed by atoms with Crippen molar-refractivity contribution < 1.29 is 9.53 Å². The molecule has 152 valence electrons. The minimum absolute atomic E-state index is 0.0391. The van der Waals surface area contributed by atoms with Crippen molar-refractivity contribution in [3.05, 3.63) is 85.6 Å². The van der Waals surface area contributed by atoms with Crippen LogP contribution in [0.3, 0.4) is 0 Å². The van der Waals surface area contributed by atoms with Gasteiger partial charge in [-0.1, -0.05) is 41.5 Å². The highest BCUT2D eigenvalue weighted by atomic mass is 32.1.